The zero-order valence-corrected chi connectivity index (χ0v) is 16.0. The summed E-state index contributed by atoms with van der Waals surface area (Å²) in [7, 11) is 0. The molecule has 2 aliphatic rings. The van der Waals surface area contributed by atoms with Crippen LogP contribution in [0.15, 0.2) is 30.3 Å². The summed E-state index contributed by atoms with van der Waals surface area (Å²) in [5.74, 6) is 0. The van der Waals surface area contributed by atoms with Gasteiger partial charge in [-0.3, -0.25) is 0 Å². The Kier molecular flexibility index (Phi) is 9.28. The summed E-state index contributed by atoms with van der Waals surface area (Å²) in [5, 5.41) is 0. The van der Waals surface area contributed by atoms with Crippen LogP contribution in [-0.2, 0) is 10.2 Å². The van der Waals surface area contributed by atoms with Crippen LogP contribution < -0.4 is 0 Å². The molecular formula is C19H30Cl2N2O. The molecule has 0 N–H and O–H groups in total. The predicted molar refractivity (Wildman–Crippen MR) is 105 cm³/mol. The van der Waals surface area contributed by atoms with Crippen molar-refractivity contribution in [3.8, 4) is 0 Å². The minimum atomic E-state index is -0.247. The number of hydrogen-bond donors (Lipinski definition) is 0. The zero-order valence-electron chi connectivity index (χ0n) is 14.4. The van der Waals surface area contributed by atoms with E-state index in [0.717, 1.165) is 32.5 Å². The Hall–Kier alpha value is -0.610. The number of aldehydes is 1. The van der Waals surface area contributed by atoms with Crippen molar-refractivity contribution in [1.29, 1.82) is 0 Å². The van der Waals surface area contributed by atoms with E-state index in [0.29, 0.717) is 0 Å². The van der Waals surface area contributed by atoms with Gasteiger partial charge in [-0.25, -0.2) is 0 Å². The van der Waals surface area contributed by atoms with E-state index < -0.39 is 0 Å². The second-order valence-electron chi connectivity index (χ2n) is 6.88. The molecule has 0 amide bonds. The number of likely N-dealkylation sites (tertiary alicyclic amines) is 2. The van der Waals surface area contributed by atoms with E-state index in [-0.39, 0.29) is 30.2 Å². The van der Waals surface area contributed by atoms with E-state index in [1.165, 1.54) is 50.7 Å². The van der Waals surface area contributed by atoms with Crippen molar-refractivity contribution in [1.82, 2.24) is 9.80 Å². The Bertz CT molecular complexity index is 470. The fourth-order valence-electron chi connectivity index (χ4n) is 3.89. The van der Waals surface area contributed by atoms with Gasteiger partial charge < -0.3 is 14.6 Å². The summed E-state index contributed by atoms with van der Waals surface area (Å²) in [5.41, 5.74) is 0.948. The SMILES string of the molecule is Cl.Cl.O=CC1(c2ccccc2)CCN(CCN2CCCCC2)CC1. The Morgan fingerprint density at radius 2 is 1.38 bits per heavy atom. The lowest BCUT2D eigenvalue weighted by atomic mass is 9.74. The second-order valence-corrected chi connectivity index (χ2v) is 6.88. The lowest BCUT2D eigenvalue weighted by molar-refractivity contribution is -0.114. The summed E-state index contributed by atoms with van der Waals surface area (Å²) >= 11 is 0. The third-order valence-corrected chi connectivity index (χ3v) is 5.50. The average Bonchev–Trinajstić information content (AvgIpc) is 2.62. The molecule has 1 aromatic carbocycles. The van der Waals surface area contributed by atoms with Crippen molar-refractivity contribution < 1.29 is 4.79 Å². The van der Waals surface area contributed by atoms with Crippen LogP contribution in [0.1, 0.15) is 37.7 Å². The normalized spacial score (nSPS) is 21.3. The first-order valence-corrected chi connectivity index (χ1v) is 8.79. The molecule has 0 atom stereocenters. The van der Waals surface area contributed by atoms with Gasteiger partial charge in [0.1, 0.15) is 6.29 Å². The number of carbonyl (C=O) groups excluding carboxylic acids is 1. The Morgan fingerprint density at radius 1 is 0.833 bits per heavy atom. The highest BCUT2D eigenvalue weighted by molar-refractivity contribution is 5.85. The van der Waals surface area contributed by atoms with Gasteiger partial charge in [-0.1, -0.05) is 36.8 Å². The van der Waals surface area contributed by atoms with Crippen molar-refractivity contribution >= 4 is 31.1 Å². The van der Waals surface area contributed by atoms with Crippen molar-refractivity contribution in [3.05, 3.63) is 35.9 Å². The van der Waals surface area contributed by atoms with E-state index in [1.807, 2.05) is 18.2 Å². The third kappa shape index (κ3) is 5.19. The van der Waals surface area contributed by atoms with E-state index in [2.05, 4.69) is 21.9 Å². The lowest BCUT2D eigenvalue weighted by Gasteiger charge is -2.39. The molecule has 2 aliphatic heterocycles. The van der Waals surface area contributed by atoms with Crippen LogP contribution in [0.2, 0.25) is 0 Å². The van der Waals surface area contributed by atoms with Gasteiger partial charge >= 0.3 is 0 Å². The van der Waals surface area contributed by atoms with Gasteiger partial charge in [0.25, 0.3) is 0 Å². The van der Waals surface area contributed by atoms with E-state index in [4.69, 9.17) is 0 Å². The molecule has 24 heavy (non-hydrogen) atoms. The van der Waals surface area contributed by atoms with E-state index in [9.17, 15) is 4.79 Å². The van der Waals surface area contributed by atoms with Crippen LogP contribution in [0.5, 0.6) is 0 Å². The molecular weight excluding hydrogens is 343 g/mol. The summed E-state index contributed by atoms with van der Waals surface area (Å²) in [4.78, 5) is 16.9. The second kappa shape index (κ2) is 10.4. The molecule has 3 rings (SSSR count). The molecule has 0 unspecified atom stereocenters. The maximum Gasteiger partial charge on any atom is 0.130 e. The molecule has 0 aliphatic carbocycles. The van der Waals surface area contributed by atoms with Gasteiger partial charge in [0.2, 0.25) is 0 Å². The van der Waals surface area contributed by atoms with Crippen molar-refractivity contribution in [3.63, 3.8) is 0 Å². The number of benzene rings is 1. The molecule has 0 spiro atoms. The molecule has 2 heterocycles. The quantitative estimate of drug-likeness (QED) is 0.738. The highest BCUT2D eigenvalue weighted by Crippen LogP contribution is 2.33. The minimum absolute atomic E-state index is 0. The molecule has 3 nitrogen and oxygen atoms in total. The first kappa shape index (κ1) is 21.4. The summed E-state index contributed by atoms with van der Waals surface area (Å²) < 4.78 is 0. The number of rotatable bonds is 5. The largest absolute Gasteiger partial charge is 0.302 e. The standard InChI is InChI=1S/C19H28N2O.2ClH/c22-17-19(18-7-3-1-4-8-18)9-13-21(14-10-19)16-15-20-11-5-2-6-12-20;;/h1,3-4,7-8,17H,2,5-6,9-16H2;2*1H. The fourth-order valence-corrected chi connectivity index (χ4v) is 3.89. The molecule has 0 aromatic heterocycles. The molecule has 0 bridgehead atoms. The summed E-state index contributed by atoms with van der Waals surface area (Å²) in [6.07, 6.45) is 7.25. The van der Waals surface area contributed by atoms with Gasteiger partial charge in [0, 0.05) is 13.1 Å². The molecule has 5 heteroatoms. The number of piperidine rings is 2. The fraction of sp³-hybridized carbons (Fsp3) is 0.632. The molecule has 0 radical (unpaired) electrons. The maximum absolute atomic E-state index is 11.8. The van der Waals surface area contributed by atoms with E-state index >= 15 is 0 Å². The van der Waals surface area contributed by atoms with Crippen molar-refractivity contribution in [2.24, 2.45) is 0 Å². The molecule has 136 valence electrons. The maximum atomic E-state index is 11.8. The van der Waals surface area contributed by atoms with Gasteiger partial charge in [0.15, 0.2) is 0 Å². The van der Waals surface area contributed by atoms with Crippen LogP contribution in [0.25, 0.3) is 0 Å². The number of nitrogens with zero attached hydrogens (tertiary/aromatic N) is 2. The van der Waals surface area contributed by atoms with E-state index in [1.54, 1.807) is 0 Å². The third-order valence-electron chi connectivity index (χ3n) is 5.50. The Labute approximate surface area is 158 Å². The predicted octanol–water partition coefficient (Wildman–Crippen LogP) is 3.55. The van der Waals surface area contributed by atoms with Gasteiger partial charge in [-0.2, -0.15) is 0 Å². The van der Waals surface area contributed by atoms with Crippen LogP contribution in [0, 0.1) is 0 Å². The van der Waals surface area contributed by atoms with Crippen LogP contribution >= 0.6 is 24.8 Å². The first-order chi connectivity index (χ1) is 10.8. The van der Waals surface area contributed by atoms with Crippen LogP contribution in [0.3, 0.4) is 0 Å². The van der Waals surface area contributed by atoms with Gasteiger partial charge in [-0.15, -0.1) is 24.8 Å². The van der Waals surface area contributed by atoms with Crippen LogP contribution in [-0.4, -0.2) is 55.4 Å². The van der Waals surface area contributed by atoms with Crippen molar-refractivity contribution in [2.45, 2.75) is 37.5 Å². The summed E-state index contributed by atoms with van der Waals surface area (Å²) in [6.45, 7) is 6.98. The number of carbonyl (C=O) groups is 1. The minimum Gasteiger partial charge on any atom is -0.302 e. The Morgan fingerprint density at radius 3 is 1.92 bits per heavy atom. The smallest absolute Gasteiger partial charge is 0.130 e. The monoisotopic (exact) mass is 372 g/mol. The molecule has 2 saturated heterocycles. The zero-order chi connectivity index (χ0) is 15.3. The van der Waals surface area contributed by atoms with Gasteiger partial charge in [0.05, 0.1) is 5.41 Å². The molecule has 2 fully saturated rings. The highest BCUT2D eigenvalue weighted by Gasteiger charge is 2.35. The Balaban J connectivity index is 0.00000144. The number of halogens is 2. The topological polar surface area (TPSA) is 23.6 Å². The average molecular weight is 373 g/mol. The van der Waals surface area contributed by atoms with Crippen molar-refractivity contribution in [2.75, 3.05) is 39.3 Å². The van der Waals surface area contributed by atoms with Gasteiger partial charge in [-0.05, 0) is 57.4 Å². The highest BCUT2D eigenvalue weighted by atomic mass is 35.5. The first-order valence-electron chi connectivity index (χ1n) is 8.79. The number of hydrogen-bond acceptors (Lipinski definition) is 3. The van der Waals surface area contributed by atoms with Crippen LogP contribution in [0.4, 0.5) is 0 Å². The molecule has 1 aromatic rings. The lowest BCUT2D eigenvalue weighted by Crippen LogP contribution is -2.46. The molecule has 0 saturated carbocycles. The summed E-state index contributed by atoms with van der Waals surface area (Å²) in [6, 6.07) is 10.3.